The molecule has 0 saturated heterocycles. The van der Waals surface area contributed by atoms with E-state index in [-0.39, 0.29) is 30.4 Å². The van der Waals surface area contributed by atoms with Crippen LogP contribution in [-0.2, 0) is 26.6 Å². The van der Waals surface area contributed by atoms with Crippen LogP contribution in [0.4, 0.5) is 11.4 Å². The smallest absolute Gasteiger partial charge is 0.264 e. The highest BCUT2D eigenvalue weighted by molar-refractivity contribution is 6.12. The van der Waals surface area contributed by atoms with Gasteiger partial charge in [0.1, 0.15) is 5.75 Å². The van der Waals surface area contributed by atoms with E-state index in [1.165, 1.54) is 17.7 Å². The number of nitrogens with two attached hydrogens (primary N) is 1. The number of hydrogen-bond acceptors (Lipinski definition) is 7. The maximum atomic E-state index is 14.5. The number of carbonyl (C=O) groups is 2. The van der Waals surface area contributed by atoms with Gasteiger partial charge in [-0.05, 0) is 73.9 Å². The van der Waals surface area contributed by atoms with Gasteiger partial charge in [0.15, 0.2) is 11.5 Å². The highest BCUT2D eigenvalue weighted by atomic mass is 16.7. The Kier molecular flexibility index (Phi) is 7.69. The zero-order valence-electron chi connectivity index (χ0n) is 26.5. The standard InChI is InChI=1S/C36H36N6O5/c1-22-14-24-6-4-5-7-25(24)19-41(22)35(44)31-17-34-33(46-21-47-34)16-30(31)32-15-29(23(2)40(32)13-12-37)36(45)42(27-18-38-39(3)20-27)26-8-10-28(43)11-9-26/h4-11,15-18,20,22,43H,12-14,19,21,37H2,1-3H3/t22-/m1/s1. The van der Waals surface area contributed by atoms with Crippen molar-refractivity contribution in [1.82, 2.24) is 19.2 Å². The van der Waals surface area contributed by atoms with E-state index in [0.717, 1.165) is 12.0 Å². The fourth-order valence-electron chi connectivity index (χ4n) is 6.57. The maximum absolute atomic E-state index is 14.5. The molecule has 5 aromatic rings. The number of amides is 2. The minimum atomic E-state index is -0.298. The van der Waals surface area contributed by atoms with Crippen molar-refractivity contribution in [1.29, 1.82) is 0 Å². The van der Waals surface area contributed by atoms with Gasteiger partial charge < -0.3 is 29.8 Å². The number of fused-ring (bicyclic) bond motifs is 2. The second-order valence-electron chi connectivity index (χ2n) is 12.0. The van der Waals surface area contributed by atoms with Crippen LogP contribution < -0.4 is 20.1 Å². The molecule has 4 heterocycles. The van der Waals surface area contributed by atoms with Crippen LogP contribution in [0, 0.1) is 6.92 Å². The third-order valence-corrected chi connectivity index (χ3v) is 9.00. The molecule has 11 nitrogen and oxygen atoms in total. The van der Waals surface area contributed by atoms with Crippen molar-refractivity contribution in [2.75, 3.05) is 18.2 Å². The molecule has 2 aliphatic rings. The number of nitrogens with zero attached hydrogens (tertiary/aromatic N) is 5. The summed E-state index contributed by atoms with van der Waals surface area (Å²) >= 11 is 0. The second-order valence-corrected chi connectivity index (χ2v) is 12.0. The van der Waals surface area contributed by atoms with E-state index in [4.69, 9.17) is 15.2 Å². The highest BCUT2D eigenvalue weighted by Gasteiger charge is 2.33. The lowest BCUT2D eigenvalue weighted by molar-refractivity contribution is 0.0658. The van der Waals surface area contributed by atoms with E-state index in [0.29, 0.717) is 70.6 Å². The van der Waals surface area contributed by atoms with Crippen LogP contribution in [0.2, 0.25) is 0 Å². The molecule has 1 atom stereocenters. The Morgan fingerprint density at radius 2 is 1.72 bits per heavy atom. The lowest BCUT2D eigenvalue weighted by Crippen LogP contribution is -2.42. The normalized spacial score (nSPS) is 15.1. The molecule has 240 valence electrons. The zero-order chi connectivity index (χ0) is 32.8. The number of aromatic nitrogens is 3. The van der Waals surface area contributed by atoms with Crippen molar-refractivity contribution in [3.05, 3.63) is 107 Å². The van der Waals surface area contributed by atoms with Crippen molar-refractivity contribution in [2.45, 2.75) is 39.4 Å². The SMILES string of the molecule is Cc1c(C(=O)N(c2ccc(O)cc2)c2cnn(C)c2)cc(-c2cc3c(cc2C(=O)N2Cc4ccccc4C[C@H]2C)OCO3)n1CCN. The fraction of sp³-hybridized carbons (Fsp3) is 0.250. The number of aromatic hydroxyl groups is 1. The summed E-state index contributed by atoms with van der Waals surface area (Å²) in [6.45, 7) is 5.21. The summed E-state index contributed by atoms with van der Waals surface area (Å²) in [5, 5.41) is 14.2. The van der Waals surface area contributed by atoms with Gasteiger partial charge in [0.25, 0.3) is 11.8 Å². The Labute approximate surface area is 272 Å². The predicted molar refractivity (Wildman–Crippen MR) is 177 cm³/mol. The van der Waals surface area contributed by atoms with Gasteiger partial charge in [-0.25, -0.2) is 0 Å². The van der Waals surface area contributed by atoms with Gasteiger partial charge in [-0.15, -0.1) is 0 Å². The average Bonchev–Trinajstić information content (AvgIpc) is 3.79. The largest absolute Gasteiger partial charge is 0.508 e. The molecule has 11 heteroatoms. The van der Waals surface area contributed by atoms with Gasteiger partial charge >= 0.3 is 0 Å². The minimum Gasteiger partial charge on any atom is -0.508 e. The van der Waals surface area contributed by atoms with Crippen LogP contribution >= 0.6 is 0 Å². The minimum absolute atomic E-state index is 0.0243. The molecule has 2 aliphatic heterocycles. The molecule has 47 heavy (non-hydrogen) atoms. The molecule has 0 spiro atoms. The number of phenols is 1. The van der Waals surface area contributed by atoms with Gasteiger partial charge in [0.05, 0.1) is 28.7 Å². The summed E-state index contributed by atoms with van der Waals surface area (Å²) < 4.78 is 15.1. The van der Waals surface area contributed by atoms with Crippen molar-refractivity contribution < 1.29 is 24.2 Å². The quantitative estimate of drug-likeness (QED) is 0.254. The summed E-state index contributed by atoms with van der Waals surface area (Å²) in [6, 6.07) is 20.0. The first-order valence-electron chi connectivity index (χ1n) is 15.6. The number of aryl methyl sites for hydroxylation is 1. The summed E-state index contributed by atoms with van der Waals surface area (Å²) in [5.74, 6) is 0.690. The Bertz CT molecular complexity index is 2000. The number of rotatable bonds is 7. The number of ether oxygens (including phenoxy) is 2. The van der Waals surface area contributed by atoms with Gasteiger partial charge in [0.2, 0.25) is 6.79 Å². The Morgan fingerprint density at radius 3 is 2.43 bits per heavy atom. The van der Waals surface area contributed by atoms with Crippen molar-refractivity contribution >= 4 is 23.2 Å². The van der Waals surface area contributed by atoms with E-state index >= 15 is 0 Å². The first kappa shape index (κ1) is 30.1. The number of anilines is 2. The Hall–Kier alpha value is -5.55. The number of hydrogen-bond donors (Lipinski definition) is 2. The molecule has 0 unspecified atom stereocenters. The van der Waals surface area contributed by atoms with E-state index in [2.05, 4.69) is 24.2 Å². The molecule has 0 radical (unpaired) electrons. The summed E-state index contributed by atoms with van der Waals surface area (Å²) in [4.78, 5) is 32.5. The maximum Gasteiger partial charge on any atom is 0.264 e. The summed E-state index contributed by atoms with van der Waals surface area (Å²) in [6.07, 6.45) is 4.12. The van der Waals surface area contributed by atoms with E-state index in [9.17, 15) is 14.7 Å². The third-order valence-electron chi connectivity index (χ3n) is 9.00. The molecule has 2 amide bonds. The van der Waals surface area contributed by atoms with Crippen molar-refractivity contribution in [3.63, 3.8) is 0 Å². The molecular formula is C36H36N6O5. The van der Waals surface area contributed by atoms with E-state index in [1.807, 2.05) is 40.7 Å². The van der Waals surface area contributed by atoms with Crippen LogP contribution in [0.5, 0.6) is 17.2 Å². The first-order valence-corrected chi connectivity index (χ1v) is 15.6. The van der Waals surface area contributed by atoms with Gasteiger partial charge in [-0.2, -0.15) is 5.10 Å². The topological polar surface area (TPSA) is 128 Å². The molecule has 2 aromatic heterocycles. The molecule has 3 aromatic carbocycles. The lowest BCUT2D eigenvalue weighted by Gasteiger charge is -2.35. The van der Waals surface area contributed by atoms with Crippen LogP contribution in [0.15, 0.2) is 79.1 Å². The molecule has 0 saturated carbocycles. The predicted octanol–water partition coefficient (Wildman–Crippen LogP) is 5.16. The lowest BCUT2D eigenvalue weighted by atomic mass is 9.93. The van der Waals surface area contributed by atoms with E-state index < -0.39 is 0 Å². The molecule has 7 rings (SSSR count). The molecule has 3 N–H and O–H groups in total. The number of benzene rings is 3. The molecular weight excluding hydrogens is 596 g/mol. The molecule has 0 bridgehead atoms. The Morgan fingerprint density at radius 1 is 1.00 bits per heavy atom. The summed E-state index contributed by atoms with van der Waals surface area (Å²) in [5.41, 5.74) is 12.5. The Balaban J connectivity index is 1.35. The van der Waals surface area contributed by atoms with Crippen LogP contribution in [0.1, 0.15) is 44.5 Å². The zero-order valence-corrected chi connectivity index (χ0v) is 26.5. The van der Waals surface area contributed by atoms with Crippen LogP contribution in [0.25, 0.3) is 11.3 Å². The van der Waals surface area contributed by atoms with E-state index in [1.54, 1.807) is 47.2 Å². The van der Waals surface area contributed by atoms with Gasteiger partial charge in [-0.3, -0.25) is 19.2 Å². The monoisotopic (exact) mass is 632 g/mol. The second kappa shape index (κ2) is 12.0. The molecule has 0 fully saturated rings. The highest BCUT2D eigenvalue weighted by Crippen LogP contribution is 2.42. The summed E-state index contributed by atoms with van der Waals surface area (Å²) in [7, 11) is 1.78. The van der Waals surface area contributed by atoms with Crippen LogP contribution in [-0.4, -0.2) is 55.5 Å². The third kappa shape index (κ3) is 5.38. The fourth-order valence-corrected chi connectivity index (χ4v) is 6.57. The average molecular weight is 633 g/mol. The van der Waals surface area contributed by atoms with Crippen molar-refractivity contribution in [3.8, 4) is 28.5 Å². The molecule has 0 aliphatic carbocycles. The van der Waals surface area contributed by atoms with Gasteiger partial charge in [-0.1, -0.05) is 24.3 Å². The number of phenolic OH excluding ortho intramolecular Hbond substituents is 1. The number of carbonyl (C=O) groups excluding carboxylic acids is 2. The van der Waals surface area contributed by atoms with Crippen molar-refractivity contribution in [2.24, 2.45) is 12.8 Å². The van der Waals surface area contributed by atoms with Crippen LogP contribution in [0.3, 0.4) is 0 Å². The first-order chi connectivity index (χ1) is 22.7. The van der Waals surface area contributed by atoms with Gasteiger partial charge in [0, 0.05) is 55.9 Å².